The molecule has 0 radical (unpaired) electrons. The zero-order valence-electron chi connectivity index (χ0n) is 21.8. The predicted molar refractivity (Wildman–Crippen MR) is 143 cm³/mol. The molecule has 4 aliphatic rings. The highest BCUT2D eigenvalue weighted by atomic mass is 32.1. The molecular weight excluding hydrogens is 488 g/mol. The summed E-state index contributed by atoms with van der Waals surface area (Å²) in [5, 5.41) is 5.09. The molecule has 3 amide bonds. The van der Waals surface area contributed by atoms with E-state index in [1.54, 1.807) is 4.90 Å². The molecule has 3 atom stereocenters. The Labute approximate surface area is 224 Å². The normalized spacial score (nSPS) is 30.2. The van der Waals surface area contributed by atoms with Crippen molar-refractivity contribution < 1.29 is 19.1 Å². The SMILES string of the molecule is NCC1CCC(CNC(=O)[C@H]2CC(N(CC3CCCO3)C(=O)C3CC3)CCN2C(=O)c2cccs2)CC1. The summed E-state index contributed by atoms with van der Waals surface area (Å²) in [6, 6.07) is 3.06. The molecule has 5 rings (SSSR count). The summed E-state index contributed by atoms with van der Waals surface area (Å²) in [4.78, 5) is 44.8. The lowest BCUT2D eigenvalue weighted by atomic mass is 9.82. The molecule has 9 heteroatoms. The number of carbonyl (C=O) groups excluding carboxylic acids is 3. The molecule has 0 spiro atoms. The van der Waals surface area contributed by atoms with Gasteiger partial charge >= 0.3 is 0 Å². The lowest BCUT2D eigenvalue weighted by Gasteiger charge is -2.43. The van der Waals surface area contributed by atoms with E-state index in [9.17, 15) is 14.4 Å². The highest BCUT2D eigenvalue weighted by Crippen LogP contribution is 2.35. The van der Waals surface area contributed by atoms with Crippen LogP contribution in [0.2, 0.25) is 0 Å². The van der Waals surface area contributed by atoms with Crippen LogP contribution in [0.5, 0.6) is 0 Å². The van der Waals surface area contributed by atoms with Crippen molar-refractivity contribution in [2.45, 2.75) is 82.4 Å². The van der Waals surface area contributed by atoms with E-state index in [4.69, 9.17) is 10.5 Å². The van der Waals surface area contributed by atoms with Crippen LogP contribution in [0.15, 0.2) is 17.5 Å². The molecule has 0 aromatic carbocycles. The Hall–Kier alpha value is -1.97. The number of nitrogens with two attached hydrogens (primary N) is 1. The Morgan fingerprint density at radius 2 is 1.86 bits per heavy atom. The van der Waals surface area contributed by atoms with Crippen LogP contribution in [0.25, 0.3) is 0 Å². The van der Waals surface area contributed by atoms with Crippen LogP contribution in [-0.4, -0.2) is 78.5 Å². The van der Waals surface area contributed by atoms with E-state index < -0.39 is 6.04 Å². The standard InChI is InChI=1S/C28H42N4O4S/c29-16-19-5-7-20(8-6-19)17-30-26(33)24-15-22(11-12-31(24)28(35)25-4-2-14-37-25)32(27(34)21-9-10-21)18-23-3-1-13-36-23/h2,4,14,19-24H,1,3,5-13,15-18,29H2,(H,30,33)/t19?,20?,22?,23?,24-/m1/s1. The Balaban J connectivity index is 1.28. The minimum absolute atomic E-state index is 0.0552. The molecule has 37 heavy (non-hydrogen) atoms. The summed E-state index contributed by atoms with van der Waals surface area (Å²) >= 11 is 1.41. The summed E-state index contributed by atoms with van der Waals surface area (Å²) in [7, 11) is 0. The fourth-order valence-electron chi connectivity index (χ4n) is 6.29. The lowest BCUT2D eigenvalue weighted by molar-refractivity contribution is -0.140. The number of likely N-dealkylation sites (tertiary alicyclic amines) is 1. The van der Waals surface area contributed by atoms with Crippen molar-refractivity contribution in [1.29, 1.82) is 0 Å². The molecule has 8 nitrogen and oxygen atoms in total. The van der Waals surface area contributed by atoms with Crippen LogP contribution in [0.3, 0.4) is 0 Å². The molecule has 2 saturated heterocycles. The highest BCUT2D eigenvalue weighted by molar-refractivity contribution is 7.12. The van der Waals surface area contributed by atoms with Gasteiger partial charge in [0.15, 0.2) is 0 Å². The van der Waals surface area contributed by atoms with Crippen LogP contribution in [0, 0.1) is 17.8 Å². The van der Waals surface area contributed by atoms with Gasteiger partial charge in [0.2, 0.25) is 11.8 Å². The van der Waals surface area contributed by atoms with Gasteiger partial charge in [-0.3, -0.25) is 14.4 Å². The van der Waals surface area contributed by atoms with Crippen LogP contribution in [0.1, 0.15) is 73.9 Å². The second kappa shape index (κ2) is 12.3. The maximum Gasteiger partial charge on any atom is 0.264 e. The van der Waals surface area contributed by atoms with E-state index >= 15 is 0 Å². The number of thiophene rings is 1. The number of nitrogens with one attached hydrogen (secondary N) is 1. The van der Waals surface area contributed by atoms with Gasteiger partial charge in [0.05, 0.1) is 11.0 Å². The highest BCUT2D eigenvalue weighted by Gasteiger charge is 2.43. The summed E-state index contributed by atoms with van der Waals surface area (Å²) in [6.45, 7) is 3.20. The zero-order chi connectivity index (χ0) is 25.8. The average molecular weight is 531 g/mol. The lowest BCUT2D eigenvalue weighted by Crippen LogP contribution is -2.59. The number of amides is 3. The molecule has 2 saturated carbocycles. The number of ether oxygens (including phenoxy) is 1. The average Bonchev–Trinajstić information content (AvgIpc) is 3.38. The van der Waals surface area contributed by atoms with Gasteiger partial charge < -0.3 is 25.6 Å². The van der Waals surface area contributed by atoms with Crippen molar-refractivity contribution in [3.8, 4) is 0 Å². The third-order valence-corrected chi connectivity index (χ3v) is 9.67. The van der Waals surface area contributed by atoms with Gasteiger partial charge in [-0.05, 0) is 94.0 Å². The first-order chi connectivity index (χ1) is 18.0. The molecule has 2 aliphatic carbocycles. The van der Waals surface area contributed by atoms with E-state index in [-0.39, 0.29) is 35.8 Å². The monoisotopic (exact) mass is 530 g/mol. The number of hydrogen-bond acceptors (Lipinski definition) is 6. The fraction of sp³-hybridized carbons (Fsp3) is 0.750. The first kappa shape index (κ1) is 26.6. The van der Waals surface area contributed by atoms with E-state index in [0.29, 0.717) is 49.2 Å². The molecular formula is C28H42N4O4S. The molecule has 3 heterocycles. The summed E-state index contributed by atoms with van der Waals surface area (Å²) in [5.41, 5.74) is 5.84. The van der Waals surface area contributed by atoms with Gasteiger partial charge in [0, 0.05) is 38.2 Å². The molecule has 1 aromatic rings. The van der Waals surface area contributed by atoms with Crippen molar-refractivity contribution in [3.63, 3.8) is 0 Å². The molecule has 4 fully saturated rings. The Morgan fingerprint density at radius 1 is 1.08 bits per heavy atom. The van der Waals surface area contributed by atoms with Crippen LogP contribution in [0.4, 0.5) is 0 Å². The van der Waals surface area contributed by atoms with Crippen LogP contribution >= 0.6 is 11.3 Å². The molecule has 1 aromatic heterocycles. The van der Waals surface area contributed by atoms with Gasteiger partial charge in [0.25, 0.3) is 5.91 Å². The number of carbonyl (C=O) groups is 3. The van der Waals surface area contributed by atoms with Gasteiger partial charge in [-0.25, -0.2) is 0 Å². The number of nitrogens with zero attached hydrogens (tertiary/aromatic N) is 2. The largest absolute Gasteiger partial charge is 0.376 e. The van der Waals surface area contributed by atoms with Crippen molar-refractivity contribution in [1.82, 2.24) is 15.1 Å². The van der Waals surface area contributed by atoms with Crippen molar-refractivity contribution in [2.75, 3.05) is 32.8 Å². The first-order valence-electron chi connectivity index (χ1n) is 14.3. The molecule has 204 valence electrons. The van der Waals surface area contributed by atoms with E-state index in [2.05, 4.69) is 5.32 Å². The summed E-state index contributed by atoms with van der Waals surface area (Å²) < 4.78 is 5.88. The Kier molecular flexibility index (Phi) is 8.82. The Morgan fingerprint density at radius 3 is 2.51 bits per heavy atom. The minimum Gasteiger partial charge on any atom is -0.376 e. The third kappa shape index (κ3) is 6.55. The third-order valence-electron chi connectivity index (χ3n) is 8.81. The van der Waals surface area contributed by atoms with Gasteiger partial charge in [0.1, 0.15) is 6.04 Å². The van der Waals surface area contributed by atoms with Gasteiger partial charge in [-0.15, -0.1) is 11.3 Å². The maximum atomic E-state index is 13.6. The zero-order valence-corrected chi connectivity index (χ0v) is 22.6. The van der Waals surface area contributed by atoms with Crippen molar-refractivity contribution >= 4 is 29.1 Å². The molecule has 2 aliphatic heterocycles. The van der Waals surface area contributed by atoms with Crippen LogP contribution < -0.4 is 11.1 Å². The van der Waals surface area contributed by atoms with Gasteiger partial charge in [-0.2, -0.15) is 0 Å². The van der Waals surface area contributed by atoms with E-state index in [0.717, 1.165) is 64.5 Å². The van der Waals surface area contributed by atoms with E-state index in [1.165, 1.54) is 11.3 Å². The number of hydrogen-bond donors (Lipinski definition) is 2. The second-order valence-electron chi connectivity index (χ2n) is 11.4. The summed E-state index contributed by atoms with van der Waals surface area (Å²) in [5.74, 6) is 1.20. The van der Waals surface area contributed by atoms with Crippen LogP contribution in [-0.2, 0) is 14.3 Å². The summed E-state index contributed by atoms with van der Waals surface area (Å²) in [6.07, 6.45) is 9.55. The Bertz CT molecular complexity index is 923. The topological polar surface area (TPSA) is 105 Å². The fourth-order valence-corrected chi connectivity index (χ4v) is 6.97. The van der Waals surface area contributed by atoms with Crippen molar-refractivity contribution in [3.05, 3.63) is 22.4 Å². The molecule has 0 bridgehead atoms. The number of piperidine rings is 1. The minimum atomic E-state index is -0.576. The smallest absolute Gasteiger partial charge is 0.264 e. The van der Waals surface area contributed by atoms with Crippen molar-refractivity contribution in [2.24, 2.45) is 23.5 Å². The second-order valence-corrected chi connectivity index (χ2v) is 12.4. The van der Waals surface area contributed by atoms with E-state index in [1.807, 2.05) is 22.4 Å². The molecule has 3 N–H and O–H groups in total. The number of rotatable bonds is 9. The quantitative estimate of drug-likeness (QED) is 0.511. The maximum absolute atomic E-state index is 13.6. The molecule has 2 unspecified atom stereocenters. The van der Waals surface area contributed by atoms with Gasteiger partial charge in [-0.1, -0.05) is 6.07 Å². The predicted octanol–water partition coefficient (Wildman–Crippen LogP) is 3.02. The first-order valence-corrected chi connectivity index (χ1v) is 15.2.